The number of hydrogen-bond acceptors (Lipinski definition) is 8. The zero-order chi connectivity index (χ0) is 34.5. The third kappa shape index (κ3) is 6.94. The van der Waals surface area contributed by atoms with Gasteiger partial charge in [0.1, 0.15) is 30.5 Å². The Morgan fingerprint density at radius 3 is 2.54 bits per heavy atom. The summed E-state index contributed by atoms with van der Waals surface area (Å²) >= 11 is 1.24. The Morgan fingerprint density at radius 1 is 0.900 bits per heavy atom. The van der Waals surface area contributed by atoms with Crippen molar-refractivity contribution >= 4 is 34.5 Å². The van der Waals surface area contributed by atoms with Crippen LogP contribution >= 0.6 is 11.3 Å². The van der Waals surface area contributed by atoms with Gasteiger partial charge in [-0.05, 0) is 60.2 Å². The lowest BCUT2D eigenvalue weighted by molar-refractivity contribution is 0.300. The van der Waals surface area contributed by atoms with E-state index in [2.05, 4.69) is 16.7 Å². The second-order valence-electron chi connectivity index (χ2n) is 11.0. The van der Waals surface area contributed by atoms with Crippen molar-refractivity contribution in [2.75, 3.05) is 13.7 Å². The Morgan fingerprint density at radius 2 is 1.74 bits per heavy atom. The van der Waals surface area contributed by atoms with Crippen LogP contribution in [0.5, 0.6) is 17.2 Å². The van der Waals surface area contributed by atoms with E-state index in [1.54, 1.807) is 48.2 Å². The summed E-state index contributed by atoms with van der Waals surface area (Å²) in [6, 6.07) is 29.2. The number of aromatic nitrogens is 5. The molecular formula is C39H30FN5O4S. The van der Waals surface area contributed by atoms with Crippen molar-refractivity contribution < 1.29 is 18.6 Å². The first kappa shape index (κ1) is 32.2. The van der Waals surface area contributed by atoms with E-state index in [-0.39, 0.29) is 18.0 Å². The molecule has 7 rings (SSSR count). The highest BCUT2D eigenvalue weighted by molar-refractivity contribution is 7.15. The van der Waals surface area contributed by atoms with Crippen LogP contribution in [-0.2, 0) is 6.61 Å². The van der Waals surface area contributed by atoms with Crippen LogP contribution in [0.4, 0.5) is 4.39 Å². The zero-order valence-corrected chi connectivity index (χ0v) is 27.7. The normalized spacial score (nSPS) is 11.8. The molecule has 248 valence electrons. The van der Waals surface area contributed by atoms with Crippen LogP contribution in [0.15, 0.2) is 121 Å². The number of halogens is 1. The molecule has 0 radical (unpaired) electrons. The molecule has 50 heavy (non-hydrogen) atoms. The minimum absolute atomic E-state index is 0.0812. The van der Waals surface area contributed by atoms with Gasteiger partial charge < -0.3 is 14.2 Å². The maximum Gasteiger partial charge on any atom is 0.291 e. The fraction of sp³-hybridized carbons (Fsp3) is 0.0769. The fourth-order valence-corrected chi connectivity index (χ4v) is 6.13. The molecule has 0 aliphatic carbocycles. The van der Waals surface area contributed by atoms with Crippen molar-refractivity contribution in [3.8, 4) is 34.2 Å². The van der Waals surface area contributed by atoms with Crippen LogP contribution in [0.1, 0.15) is 22.5 Å². The van der Waals surface area contributed by atoms with E-state index >= 15 is 0 Å². The molecule has 0 amide bonds. The summed E-state index contributed by atoms with van der Waals surface area (Å²) in [4.78, 5) is 18.6. The number of ether oxygens (including phenoxy) is 3. The number of hydrogen-bond donors (Lipinski definition) is 0. The minimum atomic E-state index is -0.323. The second-order valence-corrected chi connectivity index (χ2v) is 12.1. The summed E-state index contributed by atoms with van der Waals surface area (Å²) in [6.07, 6.45) is 8.93. The minimum Gasteiger partial charge on any atom is -0.493 e. The first-order valence-corrected chi connectivity index (χ1v) is 16.4. The van der Waals surface area contributed by atoms with Gasteiger partial charge in [-0.25, -0.2) is 9.07 Å². The van der Waals surface area contributed by atoms with E-state index in [0.29, 0.717) is 50.4 Å². The van der Waals surface area contributed by atoms with Gasteiger partial charge in [0.05, 0.1) is 17.3 Å². The molecule has 0 spiro atoms. The van der Waals surface area contributed by atoms with Crippen LogP contribution in [0, 0.1) is 5.82 Å². The van der Waals surface area contributed by atoms with E-state index < -0.39 is 0 Å². The smallest absolute Gasteiger partial charge is 0.291 e. The summed E-state index contributed by atoms with van der Waals surface area (Å²) in [5.74, 6) is 1.84. The van der Waals surface area contributed by atoms with Gasteiger partial charge in [0.15, 0.2) is 17.3 Å². The van der Waals surface area contributed by atoms with Gasteiger partial charge in [0.25, 0.3) is 5.56 Å². The van der Waals surface area contributed by atoms with Crippen molar-refractivity contribution in [1.82, 2.24) is 24.4 Å². The number of benzene rings is 4. The maximum absolute atomic E-state index is 14.2. The van der Waals surface area contributed by atoms with E-state index in [1.165, 1.54) is 21.9 Å². The van der Waals surface area contributed by atoms with Crippen LogP contribution < -0.4 is 24.3 Å². The Labute approximate surface area is 290 Å². The first-order valence-electron chi connectivity index (χ1n) is 15.6. The number of nitrogens with zero attached hydrogens (tertiary/aromatic N) is 5. The zero-order valence-electron chi connectivity index (χ0n) is 26.9. The van der Waals surface area contributed by atoms with Crippen LogP contribution in [0.3, 0.4) is 0 Å². The van der Waals surface area contributed by atoms with Gasteiger partial charge >= 0.3 is 0 Å². The highest BCUT2D eigenvalue weighted by Gasteiger charge is 2.15. The van der Waals surface area contributed by atoms with Crippen molar-refractivity contribution in [3.05, 3.63) is 159 Å². The Hall–Kier alpha value is -6.33. The topological polar surface area (TPSA) is 92.8 Å². The second kappa shape index (κ2) is 14.4. The average Bonchev–Trinajstić information content (AvgIpc) is 3.84. The molecule has 0 saturated carbocycles. The predicted octanol–water partition coefficient (Wildman–Crippen LogP) is 7.01. The van der Waals surface area contributed by atoms with Crippen molar-refractivity contribution in [2.24, 2.45) is 0 Å². The molecule has 4 aromatic carbocycles. The van der Waals surface area contributed by atoms with Crippen LogP contribution in [0.2, 0.25) is 0 Å². The predicted molar refractivity (Wildman–Crippen MR) is 193 cm³/mol. The van der Waals surface area contributed by atoms with Gasteiger partial charge in [0, 0.05) is 22.9 Å². The van der Waals surface area contributed by atoms with Gasteiger partial charge in [-0.2, -0.15) is 14.6 Å². The summed E-state index contributed by atoms with van der Waals surface area (Å²) in [5.41, 5.74) is 4.02. The molecule has 0 unspecified atom stereocenters. The monoisotopic (exact) mass is 683 g/mol. The molecule has 0 fully saturated rings. The SMILES string of the molecule is C=CCOc1ccc(/C=C/c2nc3s/c(=C\c4cn(-c5ccccc5)nc4-c4cccc(OCc5ccccc5F)c4)c(=O)n3n2)cc1OC. The fourth-order valence-electron chi connectivity index (χ4n) is 5.23. The molecule has 3 heterocycles. The molecule has 0 bridgehead atoms. The molecule has 0 atom stereocenters. The van der Waals surface area contributed by atoms with Crippen molar-refractivity contribution in [3.63, 3.8) is 0 Å². The van der Waals surface area contributed by atoms with Crippen LogP contribution in [-0.4, -0.2) is 38.1 Å². The molecule has 7 aromatic rings. The number of rotatable bonds is 12. The Kier molecular flexibility index (Phi) is 9.30. The summed E-state index contributed by atoms with van der Waals surface area (Å²) in [5, 5.41) is 9.35. The van der Waals surface area contributed by atoms with Gasteiger partial charge in [-0.3, -0.25) is 4.79 Å². The quantitative estimate of drug-likeness (QED) is 0.128. The van der Waals surface area contributed by atoms with Crippen molar-refractivity contribution in [2.45, 2.75) is 6.61 Å². The lowest BCUT2D eigenvalue weighted by atomic mass is 10.1. The Balaban J connectivity index is 1.20. The highest BCUT2D eigenvalue weighted by Crippen LogP contribution is 2.30. The third-order valence-corrected chi connectivity index (χ3v) is 8.64. The van der Waals surface area contributed by atoms with Crippen molar-refractivity contribution in [1.29, 1.82) is 0 Å². The molecule has 0 N–H and O–H groups in total. The number of thiazole rings is 1. The largest absolute Gasteiger partial charge is 0.493 e. The van der Waals surface area contributed by atoms with E-state index in [1.807, 2.05) is 85.1 Å². The van der Waals surface area contributed by atoms with Gasteiger partial charge in [-0.15, -0.1) is 5.10 Å². The molecule has 11 heteroatoms. The van der Waals surface area contributed by atoms with E-state index in [0.717, 1.165) is 22.4 Å². The highest BCUT2D eigenvalue weighted by atomic mass is 32.1. The summed E-state index contributed by atoms with van der Waals surface area (Å²) in [6.45, 7) is 4.12. The molecule has 0 saturated heterocycles. The maximum atomic E-state index is 14.2. The molecule has 0 aliphatic rings. The third-order valence-electron chi connectivity index (χ3n) is 7.68. The number of fused-ring (bicyclic) bond motifs is 1. The average molecular weight is 684 g/mol. The van der Waals surface area contributed by atoms with E-state index in [9.17, 15) is 9.18 Å². The summed E-state index contributed by atoms with van der Waals surface area (Å²) < 4.78 is 34.8. The van der Waals surface area contributed by atoms with E-state index in [4.69, 9.17) is 19.3 Å². The van der Waals surface area contributed by atoms with Crippen LogP contribution in [0.25, 0.3) is 40.1 Å². The lowest BCUT2D eigenvalue weighted by Gasteiger charge is -2.09. The molecule has 9 nitrogen and oxygen atoms in total. The first-order chi connectivity index (χ1) is 24.5. The molecule has 3 aromatic heterocycles. The summed E-state index contributed by atoms with van der Waals surface area (Å²) in [7, 11) is 1.58. The standard InChI is InChI=1S/C39H30FN5O4S/c1-3-20-48-33-18-16-26(21-34(33)47-2)17-19-36-41-39-45(42-36)38(46)35(50-39)23-29-24-44(30-12-5-4-6-13-30)43-37(29)27-11-9-14-31(22-27)49-25-28-10-7-8-15-32(28)40/h3-19,21-24H,1,20,25H2,2H3/b19-17+,35-23-. The number of methoxy groups -OCH3 is 1. The Bertz CT molecular complexity index is 2450. The van der Waals surface area contributed by atoms with Gasteiger partial charge in [-0.1, -0.05) is 84.7 Å². The lowest BCUT2D eigenvalue weighted by Crippen LogP contribution is -2.23. The number of para-hydroxylation sites is 1. The molecular weight excluding hydrogens is 654 g/mol. The van der Waals surface area contributed by atoms with Gasteiger partial charge in [0.2, 0.25) is 4.96 Å². The molecule has 0 aliphatic heterocycles.